The molecule has 1 rings (SSSR count). The van der Waals surface area contributed by atoms with Gasteiger partial charge in [-0.15, -0.1) is 0 Å². The molecule has 0 aliphatic rings. The molecule has 0 saturated carbocycles. The predicted octanol–water partition coefficient (Wildman–Crippen LogP) is 1.82. The minimum Gasteiger partial charge on any atom is -0.497 e. The van der Waals surface area contributed by atoms with Crippen LogP contribution in [0, 0.1) is 0 Å². The summed E-state index contributed by atoms with van der Waals surface area (Å²) in [6.07, 6.45) is 4.71. The molecule has 0 aliphatic carbocycles. The number of ether oxygens (including phenoxy) is 1. The second-order valence-corrected chi connectivity index (χ2v) is 2.22. The fourth-order valence-electron chi connectivity index (χ4n) is 0.845. The first kappa shape index (κ1) is 8.53. The monoisotopic (exact) mass is 161 g/mol. The van der Waals surface area contributed by atoms with Crippen molar-refractivity contribution >= 4 is 12.4 Å². The molecule has 1 aromatic rings. The number of rotatable bonds is 3. The lowest BCUT2D eigenvalue weighted by Crippen LogP contribution is -1.81. The van der Waals surface area contributed by atoms with Gasteiger partial charge in [-0.1, -0.05) is 18.2 Å². The number of benzene rings is 1. The van der Waals surface area contributed by atoms with Crippen molar-refractivity contribution in [3.05, 3.63) is 35.9 Å². The van der Waals surface area contributed by atoms with Crippen LogP contribution in [0.1, 0.15) is 5.56 Å². The van der Waals surface area contributed by atoms with Crippen molar-refractivity contribution in [2.45, 2.75) is 0 Å². The van der Waals surface area contributed by atoms with Gasteiger partial charge in [0.2, 0.25) is 6.29 Å². The third kappa shape index (κ3) is 2.23. The van der Waals surface area contributed by atoms with Crippen molar-refractivity contribution in [3.63, 3.8) is 0 Å². The third-order valence-electron chi connectivity index (χ3n) is 1.46. The first-order valence-corrected chi connectivity index (χ1v) is 3.55. The van der Waals surface area contributed by atoms with Crippen molar-refractivity contribution in [3.8, 4) is 5.75 Å². The van der Waals surface area contributed by atoms with Crippen molar-refractivity contribution in [2.24, 2.45) is 0 Å². The van der Waals surface area contributed by atoms with Crippen LogP contribution in [0.2, 0.25) is 0 Å². The van der Waals surface area contributed by atoms with Gasteiger partial charge in [0.05, 0.1) is 7.11 Å². The highest BCUT2D eigenvalue weighted by Gasteiger charge is 1.88. The number of allylic oxidation sites excluding steroid dienone is 1. The molecule has 0 atom stereocenters. The molecule has 0 amide bonds. The van der Waals surface area contributed by atoms with Gasteiger partial charge in [0.1, 0.15) is 5.75 Å². The Morgan fingerprint density at radius 3 is 2.50 bits per heavy atom. The minimum absolute atomic E-state index is 0.808. The molecule has 0 aromatic heterocycles. The molecule has 0 saturated heterocycles. The van der Waals surface area contributed by atoms with E-state index >= 15 is 0 Å². The van der Waals surface area contributed by atoms with E-state index in [2.05, 4.69) is 0 Å². The smallest absolute Gasteiger partial charge is 0.225 e. The number of carbonyl (C=O) groups excluding carboxylic acids is 1. The Hall–Kier alpha value is -1.57. The Kier molecular flexibility index (Phi) is 3.08. The highest BCUT2D eigenvalue weighted by Crippen LogP contribution is 2.11. The molecule has 12 heavy (non-hydrogen) atoms. The molecule has 61 valence electrons. The highest BCUT2D eigenvalue weighted by molar-refractivity contribution is 5.74. The molecule has 0 spiro atoms. The van der Waals surface area contributed by atoms with Gasteiger partial charge >= 0.3 is 0 Å². The van der Waals surface area contributed by atoms with E-state index in [0.29, 0.717) is 0 Å². The first-order chi connectivity index (χ1) is 5.86. The Morgan fingerprint density at radius 1 is 1.33 bits per heavy atom. The standard InChI is InChI=1S/C10H9O2/c1-12-10-6-4-9(5-7-10)3-2-8-11/h2-7H,1H3. The van der Waals surface area contributed by atoms with Gasteiger partial charge in [0.25, 0.3) is 0 Å². The highest BCUT2D eigenvalue weighted by atomic mass is 16.5. The summed E-state index contributed by atoms with van der Waals surface area (Å²) >= 11 is 0. The molecule has 0 N–H and O–H groups in total. The van der Waals surface area contributed by atoms with Crippen LogP contribution in [0.4, 0.5) is 0 Å². The lowest BCUT2D eigenvalue weighted by molar-refractivity contribution is 0.415. The van der Waals surface area contributed by atoms with E-state index in [1.807, 2.05) is 24.3 Å². The lowest BCUT2D eigenvalue weighted by Gasteiger charge is -1.98. The molecule has 1 aromatic carbocycles. The molecule has 2 heteroatoms. The molecular formula is C10H9O2. The molecule has 2 nitrogen and oxygen atoms in total. The quantitative estimate of drug-likeness (QED) is 0.632. The van der Waals surface area contributed by atoms with Crippen molar-refractivity contribution in [2.75, 3.05) is 7.11 Å². The molecule has 0 heterocycles. The topological polar surface area (TPSA) is 26.3 Å². The minimum atomic E-state index is 0.808. The Bertz CT molecular complexity index is 272. The van der Waals surface area contributed by atoms with Crippen LogP contribution in [0.15, 0.2) is 30.3 Å². The summed E-state index contributed by atoms with van der Waals surface area (Å²) in [6, 6.07) is 7.41. The first-order valence-electron chi connectivity index (χ1n) is 3.55. The summed E-state index contributed by atoms with van der Waals surface area (Å²) in [5, 5.41) is 0. The van der Waals surface area contributed by atoms with Gasteiger partial charge in [0.15, 0.2) is 0 Å². The van der Waals surface area contributed by atoms with Crippen LogP contribution in [-0.2, 0) is 4.79 Å². The summed E-state index contributed by atoms with van der Waals surface area (Å²) in [5.41, 5.74) is 0.958. The molecule has 0 unspecified atom stereocenters. The van der Waals surface area contributed by atoms with E-state index in [4.69, 9.17) is 4.74 Å². The number of methoxy groups -OCH3 is 1. The van der Waals surface area contributed by atoms with Gasteiger partial charge in [-0.25, -0.2) is 0 Å². The van der Waals surface area contributed by atoms with E-state index in [1.165, 1.54) is 6.08 Å². The summed E-state index contributed by atoms with van der Waals surface area (Å²) < 4.78 is 4.97. The second kappa shape index (κ2) is 4.34. The second-order valence-electron chi connectivity index (χ2n) is 2.22. The molecular weight excluding hydrogens is 152 g/mol. The van der Waals surface area contributed by atoms with Gasteiger partial charge in [-0.2, -0.15) is 0 Å². The normalized spacial score (nSPS) is 10.1. The Labute approximate surface area is 71.5 Å². The molecule has 1 radical (unpaired) electrons. The summed E-state index contributed by atoms with van der Waals surface area (Å²) in [5.74, 6) is 0.808. The maximum atomic E-state index is 9.86. The van der Waals surface area contributed by atoms with Gasteiger partial charge in [-0.3, -0.25) is 4.79 Å². The maximum Gasteiger partial charge on any atom is 0.225 e. The number of hydrogen-bond acceptors (Lipinski definition) is 2. The van der Waals surface area contributed by atoms with E-state index in [1.54, 1.807) is 19.5 Å². The van der Waals surface area contributed by atoms with Crippen molar-refractivity contribution in [1.29, 1.82) is 0 Å². The molecule has 0 bridgehead atoms. The van der Waals surface area contributed by atoms with Crippen LogP contribution in [0.3, 0.4) is 0 Å². The van der Waals surface area contributed by atoms with Crippen LogP contribution in [0.5, 0.6) is 5.75 Å². The zero-order chi connectivity index (χ0) is 8.81. The fourth-order valence-corrected chi connectivity index (χ4v) is 0.845. The zero-order valence-electron chi connectivity index (χ0n) is 6.78. The number of hydrogen-bond donors (Lipinski definition) is 0. The van der Waals surface area contributed by atoms with Crippen LogP contribution >= 0.6 is 0 Å². The largest absolute Gasteiger partial charge is 0.497 e. The van der Waals surface area contributed by atoms with Gasteiger partial charge in [-0.05, 0) is 23.8 Å². The van der Waals surface area contributed by atoms with E-state index in [-0.39, 0.29) is 0 Å². The zero-order valence-corrected chi connectivity index (χ0v) is 6.78. The fraction of sp³-hybridized carbons (Fsp3) is 0.100. The van der Waals surface area contributed by atoms with Gasteiger partial charge in [0, 0.05) is 0 Å². The average molecular weight is 161 g/mol. The van der Waals surface area contributed by atoms with Gasteiger partial charge < -0.3 is 4.74 Å². The van der Waals surface area contributed by atoms with Crippen LogP contribution in [-0.4, -0.2) is 13.4 Å². The molecule has 0 fully saturated rings. The SMILES string of the molecule is COc1ccc(C=C[C]=O)cc1. The predicted molar refractivity (Wildman–Crippen MR) is 47.7 cm³/mol. The Morgan fingerprint density at radius 2 is 2.00 bits per heavy atom. The van der Waals surface area contributed by atoms with Crippen molar-refractivity contribution < 1.29 is 9.53 Å². The maximum absolute atomic E-state index is 9.86. The Balaban J connectivity index is 2.77. The van der Waals surface area contributed by atoms with E-state index in [0.717, 1.165) is 11.3 Å². The van der Waals surface area contributed by atoms with Crippen molar-refractivity contribution in [1.82, 2.24) is 0 Å². The summed E-state index contributed by atoms with van der Waals surface area (Å²) in [7, 11) is 1.62. The van der Waals surface area contributed by atoms with E-state index < -0.39 is 0 Å². The van der Waals surface area contributed by atoms with Crippen LogP contribution in [0.25, 0.3) is 6.08 Å². The summed E-state index contributed by atoms with van der Waals surface area (Å²) in [4.78, 5) is 9.86. The lowest BCUT2D eigenvalue weighted by atomic mass is 10.2. The summed E-state index contributed by atoms with van der Waals surface area (Å²) in [6.45, 7) is 0. The van der Waals surface area contributed by atoms with Crippen LogP contribution < -0.4 is 4.74 Å². The van der Waals surface area contributed by atoms with E-state index in [9.17, 15) is 4.79 Å². The average Bonchev–Trinajstić information content (AvgIpc) is 2.15. The third-order valence-corrected chi connectivity index (χ3v) is 1.46. The molecule has 0 aliphatic heterocycles.